The second kappa shape index (κ2) is 6.58. The van der Waals surface area contributed by atoms with E-state index in [1.807, 2.05) is 0 Å². The van der Waals surface area contributed by atoms with Gasteiger partial charge >= 0.3 is 59.1 Å². The number of allylic oxidation sites excluding steroid dienone is 4. The second-order valence-electron chi connectivity index (χ2n) is 4.21. The maximum absolute atomic E-state index is 2.31. The molecule has 0 bridgehead atoms. The summed E-state index contributed by atoms with van der Waals surface area (Å²) in [7, 11) is 0. The molecule has 0 saturated carbocycles. The average molecular weight is 230 g/mol. The van der Waals surface area contributed by atoms with Gasteiger partial charge in [0.1, 0.15) is 0 Å². The van der Waals surface area contributed by atoms with E-state index >= 15 is 0 Å². The zero-order chi connectivity index (χ0) is 9.38. The van der Waals surface area contributed by atoms with Crippen LogP contribution in [-0.2, 0) is 12.8 Å². The molecule has 2 heteroatoms. The van der Waals surface area contributed by atoms with E-state index in [0.717, 1.165) is 0 Å². The van der Waals surface area contributed by atoms with Gasteiger partial charge in [0.05, 0.1) is 0 Å². The van der Waals surface area contributed by atoms with Gasteiger partial charge in [-0.05, 0) is 36.8 Å². The molecule has 1 aromatic rings. The van der Waals surface area contributed by atoms with Gasteiger partial charge in [-0.2, -0.15) is 0 Å². The predicted octanol–water partition coefficient (Wildman–Crippen LogP) is 2.13. The Morgan fingerprint density at radius 2 is 1.12 bits per heavy atom. The van der Waals surface area contributed by atoms with Gasteiger partial charge in [-0.3, -0.25) is 0 Å². The Hall–Kier alpha value is 0.700. The Kier molecular flexibility index (Phi) is 6.07. The van der Waals surface area contributed by atoms with Crippen LogP contribution in [0.3, 0.4) is 0 Å². The minimum absolute atomic E-state index is 0. The molecular weight excluding hydrogens is 214 g/mol. The number of fused-ring (bicyclic) bond motifs is 1. The van der Waals surface area contributed by atoms with Crippen LogP contribution < -0.4 is 0 Å². The van der Waals surface area contributed by atoms with Gasteiger partial charge in [0.25, 0.3) is 0 Å². The monoisotopic (exact) mass is 230 g/mol. The molecule has 16 heavy (non-hydrogen) atoms. The fraction of sp³-hybridized carbons (Fsp3) is 0.286. The van der Waals surface area contributed by atoms with Crippen LogP contribution in [0.1, 0.15) is 24.0 Å². The molecule has 0 heterocycles. The van der Waals surface area contributed by atoms with Gasteiger partial charge in [0, 0.05) is 0 Å². The van der Waals surface area contributed by atoms with E-state index < -0.39 is 0 Å². The summed E-state index contributed by atoms with van der Waals surface area (Å²) in [4.78, 5) is 0. The molecule has 74 valence electrons. The Labute approximate surface area is 142 Å². The molecule has 0 nitrogen and oxygen atoms in total. The van der Waals surface area contributed by atoms with Crippen LogP contribution in [0.2, 0.25) is 0 Å². The third-order valence-corrected chi connectivity index (χ3v) is 3.32. The summed E-state index contributed by atoms with van der Waals surface area (Å²) in [6.45, 7) is 0. The van der Waals surface area contributed by atoms with Crippen molar-refractivity contribution in [2.75, 3.05) is 0 Å². The molecule has 0 radical (unpaired) electrons. The normalized spacial score (nSPS) is 16.8. The van der Waals surface area contributed by atoms with E-state index in [0.29, 0.717) is 0 Å². The van der Waals surface area contributed by atoms with E-state index in [9.17, 15) is 0 Å². The third kappa shape index (κ3) is 2.93. The molecular formula is C14H16Na2. The van der Waals surface area contributed by atoms with Gasteiger partial charge in [0.2, 0.25) is 0 Å². The van der Waals surface area contributed by atoms with E-state index in [4.69, 9.17) is 0 Å². The molecule has 0 unspecified atom stereocenters. The maximum atomic E-state index is 2.31. The van der Waals surface area contributed by atoms with Gasteiger partial charge in [0.15, 0.2) is 0 Å². The minimum atomic E-state index is 0. The molecule has 0 atom stereocenters. The molecule has 0 aromatic heterocycles. The molecule has 0 fully saturated rings. The van der Waals surface area contributed by atoms with Crippen molar-refractivity contribution in [1.29, 1.82) is 0 Å². The Balaban J connectivity index is 0.000000640. The van der Waals surface area contributed by atoms with Crippen LogP contribution >= 0.6 is 0 Å². The quantitative estimate of drug-likeness (QED) is 0.473. The molecule has 0 aliphatic heterocycles. The fourth-order valence-electron chi connectivity index (χ4n) is 2.50. The van der Waals surface area contributed by atoms with Crippen LogP contribution in [-0.4, -0.2) is 59.1 Å². The summed E-state index contributed by atoms with van der Waals surface area (Å²) in [6.07, 6.45) is 9.37. The molecule has 0 N–H and O–H groups in total. The number of benzene rings is 1. The van der Waals surface area contributed by atoms with Crippen LogP contribution in [0.25, 0.3) is 0 Å². The van der Waals surface area contributed by atoms with Gasteiger partial charge in [-0.25, -0.2) is 0 Å². The Bertz CT molecular complexity index is 391. The Morgan fingerprint density at radius 3 is 1.56 bits per heavy atom. The first-order valence-corrected chi connectivity index (χ1v) is 5.35. The number of rotatable bonds is 0. The number of hydrogen-bond acceptors (Lipinski definition) is 0. The van der Waals surface area contributed by atoms with Crippen molar-refractivity contribution in [3.63, 3.8) is 0 Å². The summed E-state index contributed by atoms with van der Waals surface area (Å²) < 4.78 is 0. The summed E-state index contributed by atoms with van der Waals surface area (Å²) in [5.41, 5.74) is 6.43. The van der Waals surface area contributed by atoms with Crippen molar-refractivity contribution in [1.82, 2.24) is 0 Å². The van der Waals surface area contributed by atoms with Crippen LogP contribution in [0.5, 0.6) is 0 Å². The molecule has 0 saturated heterocycles. The van der Waals surface area contributed by atoms with Crippen molar-refractivity contribution in [3.8, 4) is 0 Å². The predicted molar refractivity (Wildman–Crippen MR) is 73.5 cm³/mol. The van der Waals surface area contributed by atoms with E-state index in [1.54, 1.807) is 22.3 Å². The fourth-order valence-corrected chi connectivity index (χ4v) is 2.50. The molecule has 2 aliphatic carbocycles. The summed E-state index contributed by atoms with van der Waals surface area (Å²) >= 11 is 0. The van der Waals surface area contributed by atoms with Gasteiger partial charge < -0.3 is 0 Å². The first-order valence-electron chi connectivity index (χ1n) is 5.35. The summed E-state index contributed by atoms with van der Waals surface area (Å²) in [5.74, 6) is 0. The molecule has 0 spiro atoms. The average Bonchev–Trinajstić information content (AvgIpc) is 2.26. The van der Waals surface area contributed by atoms with Gasteiger partial charge in [-0.1, -0.05) is 47.6 Å². The summed E-state index contributed by atoms with van der Waals surface area (Å²) in [5, 5.41) is 0. The molecule has 3 rings (SSSR count). The van der Waals surface area contributed by atoms with E-state index in [2.05, 4.69) is 36.4 Å². The molecule has 1 aromatic carbocycles. The van der Waals surface area contributed by atoms with Crippen LogP contribution in [0.4, 0.5) is 0 Å². The molecule has 2 aliphatic rings. The van der Waals surface area contributed by atoms with Gasteiger partial charge in [-0.15, -0.1) is 0 Å². The van der Waals surface area contributed by atoms with Crippen molar-refractivity contribution >= 4 is 59.1 Å². The Morgan fingerprint density at radius 1 is 0.688 bits per heavy atom. The number of hydrogen-bond donors (Lipinski definition) is 0. The van der Waals surface area contributed by atoms with E-state index in [1.165, 1.54) is 25.7 Å². The van der Waals surface area contributed by atoms with Crippen molar-refractivity contribution < 1.29 is 0 Å². The van der Waals surface area contributed by atoms with Crippen LogP contribution in [0, 0.1) is 0 Å². The third-order valence-electron chi connectivity index (χ3n) is 3.32. The SMILES string of the molecule is C1=CCC2=C(C1)Cc1ccccc1C2.[NaH].[NaH]. The first kappa shape index (κ1) is 14.8. The zero-order valence-corrected chi connectivity index (χ0v) is 8.29. The zero-order valence-electron chi connectivity index (χ0n) is 8.29. The van der Waals surface area contributed by atoms with Crippen LogP contribution in [0.15, 0.2) is 47.6 Å². The first-order chi connectivity index (χ1) is 6.93. The van der Waals surface area contributed by atoms with E-state index in [-0.39, 0.29) is 59.1 Å². The summed E-state index contributed by atoms with van der Waals surface area (Å²) in [6, 6.07) is 8.86. The van der Waals surface area contributed by atoms with Crippen molar-refractivity contribution in [2.45, 2.75) is 25.7 Å². The van der Waals surface area contributed by atoms with Crippen molar-refractivity contribution in [2.24, 2.45) is 0 Å². The second-order valence-corrected chi connectivity index (χ2v) is 4.21. The molecule has 0 amide bonds. The topological polar surface area (TPSA) is 0 Å². The van der Waals surface area contributed by atoms with Crippen molar-refractivity contribution in [3.05, 3.63) is 58.7 Å². The standard InChI is InChI=1S/C14H14.2Na.2H/c1-2-6-12-10-14-8-4-3-7-13(14)9-11(12)5-1;;;;/h1-6H,7-10H2;;;;.